The molecule has 22 heavy (non-hydrogen) atoms. The number of sulfone groups is 1. The molecule has 2 rings (SSSR count). The van der Waals surface area contributed by atoms with Crippen molar-refractivity contribution in [2.75, 3.05) is 39.7 Å². The van der Waals surface area contributed by atoms with Crippen molar-refractivity contribution >= 4 is 15.9 Å². The lowest BCUT2D eigenvalue weighted by molar-refractivity contribution is 0.160. The molecule has 0 atom stereocenters. The van der Waals surface area contributed by atoms with Crippen LogP contribution in [-0.4, -0.2) is 59.1 Å². The van der Waals surface area contributed by atoms with Gasteiger partial charge in [-0.3, -0.25) is 0 Å². The summed E-state index contributed by atoms with van der Waals surface area (Å²) in [4.78, 5) is 12.9. The molecule has 1 heterocycles. The van der Waals surface area contributed by atoms with Crippen LogP contribution >= 0.6 is 0 Å². The first-order valence-electron chi connectivity index (χ1n) is 6.76. The van der Waals surface area contributed by atoms with Crippen molar-refractivity contribution in [1.82, 2.24) is 4.90 Å². The minimum atomic E-state index is -3.54. The molecular weight excluding hydrogens is 310 g/mol. The molecule has 7 nitrogen and oxygen atoms in total. The third-order valence-corrected chi connectivity index (χ3v) is 5.32. The molecule has 0 saturated carbocycles. The molecule has 0 bridgehead atoms. The predicted octanol–water partition coefficient (Wildman–Crippen LogP) is 1.24. The normalized spacial score (nSPS) is 14.9. The maximum Gasteiger partial charge on any atom is 0.409 e. The number of hydrogen-bond donors (Lipinski definition) is 0. The van der Waals surface area contributed by atoms with Gasteiger partial charge >= 0.3 is 6.09 Å². The van der Waals surface area contributed by atoms with Crippen LogP contribution < -0.4 is 9.47 Å². The molecule has 1 aliphatic rings. The van der Waals surface area contributed by atoms with E-state index >= 15 is 0 Å². The molecule has 1 fully saturated rings. The molecule has 1 aromatic rings. The number of amides is 1. The Bertz CT molecular complexity index is 670. The van der Waals surface area contributed by atoms with E-state index in [9.17, 15) is 13.2 Å². The molecule has 8 heteroatoms. The molecular formula is C14H19NO6S. The first-order valence-corrected chi connectivity index (χ1v) is 8.41. The van der Waals surface area contributed by atoms with Gasteiger partial charge in [0.1, 0.15) is 6.61 Å². The number of carbonyl (C=O) groups excluding carboxylic acids is 1. The van der Waals surface area contributed by atoms with E-state index < -0.39 is 15.9 Å². The van der Waals surface area contributed by atoms with Crippen LogP contribution in [0.1, 0.15) is 5.56 Å². The summed E-state index contributed by atoms with van der Waals surface area (Å²) in [7, 11) is -0.606. The van der Waals surface area contributed by atoms with Crippen LogP contribution in [0.3, 0.4) is 0 Å². The number of aryl methyl sites for hydroxylation is 1. The summed E-state index contributed by atoms with van der Waals surface area (Å²) < 4.78 is 40.1. The van der Waals surface area contributed by atoms with Gasteiger partial charge in [-0.1, -0.05) is 0 Å². The molecule has 0 aromatic heterocycles. The number of carbonyl (C=O) groups is 1. The fourth-order valence-electron chi connectivity index (χ4n) is 2.27. The highest BCUT2D eigenvalue weighted by molar-refractivity contribution is 7.91. The first kappa shape index (κ1) is 16.4. The summed E-state index contributed by atoms with van der Waals surface area (Å²) in [5.74, 6) is 0.660. The Morgan fingerprint density at radius 2 is 1.86 bits per heavy atom. The molecule has 1 amide bonds. The van der Waals surface area contributed by atoms with Gasteiger partial charge in [0.15, 0.2) is 21.3 Å². The topological polar surface area (TPSA) is 82.1 Å². The fraction of sp³-hybridized carbons (Fsp3) is 0.500. The van der Waals surface area contributed by atoms with Crippen molar-refractivity contribution in [3.05, 3.63) is 17.7 Å². The average molecular weight is 329 g/mol. The molecule has 0 aliphatic carbocycles. The van der Waals surface area contributed by atoms with E-state index in [2.05, 4.69) is 0 Å². The van der Waals surface area contributed by atoms with Gasteiger partial charge in [-0.15, -0.1) is 0 Å². The molecule has 0 spiro atoms. The van der Waals surface area contributed by atoms with Gasteiger partial charge in [-0.25, -0.2) is 13.2 Å². The Labute approximate surface area is 129 Å². The monoisotopic (exact) mass is 329 g/mol. The highest BCUT2D eigenvalue weighted by atomic mass is 32.2. The van der Waals surface area contributed by atoms with Crippen LogP contribution in [0.2, 0.25) is 0 Å². The summed E-state index contributed by atoms with van der Waals surface area (Å²) in [6.45, 7) is 2.52. The Morgan fingerprint density at radius 1 is 1.23 bits per heavy atom. The summed E-state index contributed by atoms with van der Waals surface area (Å²) in [6, 6.07) is 3.07. The summed E-state index contributed by atoms with van der Waals surface area (Å²) in [5.41, 5.74) is 0.571. The van der Waals surface area contributed by atoms with E-state index in [1.165, 1.54) is 25.2 Å². The summed E-state index contributed by atoms with van der Waals surface area (Å²) in [5, 5.41) is 0. The predicted molar refractivity (Wildman–Crippen MR) is 79.3 cm³/mol. The van der Waals surface area contributed by atoms with Gasteiger partial charge in [0.25, 0.3) is 0 Å². The standard InChI is InChI=1S/C14H19NO6S/c1-10-8-11(19-2)12(20-3)9-13(10)22(17,18)7-5-15-4-6-21-14(15)16/h8-9H,4-7H2,1-3H3. The lowest BCUT2D eigenvalue weighted by Gasteiger charge is -2.15. The van der Waals surface area contributed by atoms with E-state index in [1.54, 1.807) is 13.0 Å². The second-order valence-electron chi connectivity index (χ2n) is 4.89. The SMILES string of the molecule is COc1cc(C)c(S(=O)(=O)CCN2CCOC2=O)cc1OC. The Balaban J connectivity index is 2.23. The number of benzene rings is 1. The summed E-state index contributed by atoms with van der Waals surface area (Å²) >= 11 is 0. The number of rotatable bonds is 6. The number of hydrogen-bond acceptors (Lipinski definition) is 6. The maximum atomic E-state index is 12.5. The highest BCUT2D eigenvalue weighted by Gasteiger charge is 2.26. The van der Waals surface area contributed by atoms with Gasteiger partial charge in [0.05, 0.1) is 31.4 Å². The molecule has 0 N–H and O–H groups in total. The van der Waals surface area contributed by atoms with Crippen molar-refractivity contribution in [1.29, 1.82) is 0 Å². The molecule has 1 aliphatic heterocycles. The minimum absolute atomic E-state index is 0.106. The largest absolute Gasteiger partial charge is 0.493 e. The fourth-order valence-corrected chi connectivity index (χ4v) is 3.78. The average Bonchev–Trinajstić information content (AvgIpc) is 2.90. The van der Waals surface area contributed by atoms with E-state index in [-0.39, 0.29) is 17.2 Å². The third-order valence-electron chi connectivity index (χ3n) is 3.49. The Kier molecular flexibility index (Phi) is 4.80. The van der Waals surface area contributed by atoms with Crippen LogP contribution in [0.15, 0.2) is 17.0 Å². The van der Waals surface area contributed by atoms with Gasteiger partial charge < -0.3 is 19.1 Å². The van der Waals surface area contributed by atoms with Gasteiger partial charge in [0.2, 0.25) is 0 Å². The van der Waals surface area contributed by atoms with E-state index in [0.29, 0.717) is 30.2 Å². The number of cyclic esters (lactones) is 1. The highest BCUT2D eigenvalue weighted by Crippen LogP contribution is 2.32. The van der Waals surface area contributed by atoms with Gasteiger partial charge in [-0.2, -0.15) is 0 Å². The number of methoxy groups -OCH3 is 2. The van der Waals surface area contributed by atoms with Crippen molar-refractivity contribution in [2.24, 2.45) is 0 Å². The van der Waals surface area contributed by atoms with Crippen molar-refractivity contribution < 1.29 is 27.4 Å². The van der Waals surface area contributed by atoms with E-state index in [1.807, 2.05) is 0 Å². The second-order valence-corrected chi connectivity index (χ2v) is 6.97. The van der Waals surface area contributed by atoms with Crippen molar-refractivity contribution in [3.63, 3.8) is 0 Å². The smallest absolute Gasteiger partial charge is 0.409 e. The Morgan fingerprint density at radius 3 is 2.41 bits per heavy atom. The van der Waals surface area contributed by atoms with Crippen molar-refractivity contribution in [3.8, 4) is 11.5 Å². The zero-order valence-corrected chi connectivity index (χ0v) is 13.6. The number of nitrogens with zero attached hydrogens (tertiary/aromatic N) is 1. The lowest BCUT2D eigenvalue weighted by atomic mass is 10.2. The van der Waals surface area contributed by atoms with Crippen LogP contribution in [0, 0.1) is 6.92 Å². The third kappa shape index (κ3) is 3.27. The van der Waals surface area contributed by atoms with Crippen molar-refractivity contribution in [2.45, 2.75) is 11.8 Å². The maximum absolute atomic E-state index is 12.5. The molecule has 1 aromatic carbocycles. The number of ether oxygens (including phenoxy) is 3. The summed E-state index contributed by atoms with van der Waals surface area (Å²) in [6.07, 6.45) is -0.473. The quantitative estimate of drug-likeness (QED) is 0.781. The van der Waals surface area contributed by atoms with Gasteiger partial charge in [0, 0.05) is 12.6 Å². The molecule has 0 unspecified atom stereocenters. The molecule has 122 valence electrons. The van der Waals surface area contributed by atoms with E-state index in [4.69, 9.17) is 14.2 Å². The minimum Gasteiger partial charge on any atom is -0.493 e. The zero-order chi connectivity index (χ0) is 16.3. The van der Waals surface area contributed by atoms with Crippen LogP contribution in [-0.2, 0) is 14.6 Å². The van der Waals surface area contributed by atoms with Crippen LogP contribution in [0.25, 0.3) is 0 Å². The molecule has 0 radical (unpaired) electrons. The van der Waals surface area contributed by atoms with Crippen LogP contribution in [0.5, 0.6) is 11.5 Å². The lowest BCUT2D eigenvalue weighted by Crippen LogP contribution is -2.30. The second kappa shape index (κ2) is 6.43. The Hall–Kier alpha value is -1.96. The van der Waals surface area contributed by atoms with E-state index in [0.717, 1.165) is 0 Å². The van der Waals surface area contributed by atoms with Gasteiger partial charge in [-0.05, 0) is 18.6 Å². The molecule has 1 saturated heterocycles. The van der Waals surface area contributed by atoms with Crippen LogP contribution in [0.4, 0.5) is 4.79 Å². The zero-order valence-electron chi connectivity index (χ0n) is 12.8. The first-order chi connectivity index (χ1) is 10.4.